The van der Waals surface area contributed by atoms with Crippen LogP contribution in [-0.2, 0) is 6.54 Å². The number of hydrogen-bond donors (Lipinski definition) is 0. The Balaban J connectivity index is 1.75. The Labute approximate surface area is 149 Å². The van der Waals surface area contributed by atoms with Gasteiger partial charge in [0.25, 0.3) is 0 Å². The van der Waals surface area contributed by atoms with Crippen LogP contribution in [-0.4, -0.2) is 33.8 Å². The van der Waals surface area contributed by atoms with Crippen molar-refractivity contribution in [1.29, 1.82) is 0 Å². The molecule has 0 bridgehead atoms. The molecule has 0 N–H and O–H groups in total. The summed E-state index contributed by atoms with van der Waals surface area (Å²) in [6.45, 7) is -0.758. The van der Waals surface area contributed by atoms with Crippen molar-refractivity contribution in [3.63, 3.8) is 0 Å². The van der Waals surface area contributed by atoms with Crippen molar-refractivity contribution in [3.8, 4) is 5.75 Å². The van der Waals surface area contributed by atoms with Gasteiger partial charge in [-0.25, -0.2) is 4.98 Å². The minimum absolute atomic E-state index is 0.0510. The maximum Gasteiger partial charge on any atom is 0.408 e. The molecule has 0 spiro atoms. The molecule has 3 rings (SSSR count). The number of rotatable bonds is 6. The Hall–Kier alpha value is -2.38. The van der Waals surface area contributed by atoms with E-state index in [0.29, 0.717) is 24.3 Å². The number of alkyl halides is 3. The lowest BCUT2D eigenvalue weighted by molar-refractivity contribution is -0.143. The molecule has 0 aliphatic heterocycles. The molecule has 2 aromatic heterocycles. The third-order valence-electron chi connectivity index (χ3n) is 4.73. The van der Waals surface area contributed by atoms with Crippen LogP contribution in [0.15, 0.2) is 30.6 Å². The summed E-state index contributed by atoms with van der Waals surface area (Å²) in [6.07, 6.45) is 2.87. The first kappa shape index (κ1) is 18.4. The summed E-state index contributed by atoms with van der Waals surface area (Å²) in [5.74, 6) is 0.410. The van der Waals surface area contributed by atoms with Crippen LogP contribution in [0.2, 0.25) is 0 Å². The van der Waals surface area contributed by atoms with E-state index < -0.39 is 12.7 Å². The molecule has 1 fully saturated rings. The minimum atomic E-state index is -4.31. The van der Waals surface area contributed by atoms with Crippen molar-refractivity contribution < 1.29 is 22.7 Å². The minimum Gasteiger partial charge on any atom is -0.491 e. The van der Waals surface area contributed by atoms with Crippen LogP contribution in [0, 0.1) is 5.92 Å². The van der Waals surface area contributed by atoms with E-state index in [1.165, 1.54) is 12.4 Å². The van der Waals surface area contributed by atoms with Gasteiger partial charge in [-0.05, 0) is 31.0 Å². The van der Waals surface area contributed by atoms with Crippen LogP contribution >= 0.6 is 0 Å². The standard InChI is InChI=1S/C18H20F3N3O2/c19-18(20,21)12-24-16(7-9-23-24)14-5-2-1-4-13(14)11-26-17-6-3-8-22-15(17)10-25/h3,6-10,13-14H,1-2,4-5,11-12H2. The van der Waals surface area contributed by atoms with E-state index in [0.717, 1.165) is 30.4 Å². The van der Waals surface area contributed by atoms with Gasteiger partial charge in [0, 0.05) is 29.9 Å². The molecule has 140 valence electrons. The molecule has 1 saturated carbocycles. The number of carbonyl (C=O) groups is 1. The molecule has 2 aromatic rings. The predicted octanol–water partition coefficient (Wildman–Crippen LogP) is 4.01. The highest BCUT2D eigenvalue weighted by Gasteiger charge is 2.34. The molecule has 1 aliphatic rings. The molecule has 0 radical (unpaired) electrons. The number of aromatic nitrogens is 3. The summed E-state index contributed by atoms with van der Waals surface area (Å²) in [7, 11) is 0. The first-order valence-corrected chi connectivity index (χ1v) is 8.59. The largest absolute Gasteiger partial charge is 0.491 e. The van der Waals surface area contributed by atoms with E-state index in [2.05, 4.69) is 10.1 Å². The summed E-state index contributed by atoms with van der Waals surface area (Å²) in [5, 5.41) is 3.86. The third kappa shape index (κ3) is 4.42. The van der Waals surface area contributed by atoms with E-state index in [1.807, 2.05) is 0 Å². The molecule has 2 unspecified atom stereocenters. The van der Waals surface area contributed by atoms with Gasteiger partial charge in [0.05, 0.1) is 6.61 Å². The van der Waals surface area contributed by atoms with E-state index in [1.54, 1.807) is 18.2 Å². The highest BCUT2D eigenvalue weighted by atomic mass is 19.4. The fourth-order valence-electron chi connectivity index (χ4n) is 3.57. The topological polar surface area (TPSA) is 57.0 Å². The van der Waals surface area contributed by atoms with Crippen LogP contribution < -0.4 is 4.74 Å². The molecule has 1 aliphatic carbocycles. The first-order chi connectivity index (χ1) is 12.5. The van der Waals surface area contributed by atoms with E-state index >= 15 is 0 Å². The SMILES string of the molecule is O=Cc1ncccc1OCC1CCCCC1c1ccnn1CC(F)(F)F. The van der Waals surface area contributed by atoms with Crippen molar-refractivity contribution >= 4 is 6.29 Å². The average molecular weight is 367 g/mol. The monoisotopic (exact) mass is 367 g/mol. The number of ether oxygens (including phenoxy) is 1. The van der Waals surface area contributed by atoms with Crippen LogP contribution in [0.3, 0.4) is 0 Å². The van der Waals surface area contributed by atoms with Crippen LogP contribution in [0.25, 0.3) is 0 Å². The molecule has 0 aromatic carbocycles. The zero-order valence-electron chi connectivity index (χ0n) is 14.2. The fraction of sp³-hybridized carbons (Fsp3) is 0.500. The summed E-state index contributed by atoms with van der Waals surface area (Å²) in [5.41, 5.74) is 0.819. The smallest absolute Gasteiger partial charge is 0.408 e. The molecule has 0 saturated heterocycles. The quantitative estimate of drug-likeness (QED) is 0.724. The van der Waals surface area contributed by atoms with E-state index in [4.69, 9.17) is 4.74 Å². The van der Waals surface area contributed by atoms with Gasteiger partial charge in [-0.1, -0.05) is 12.8 Å². The highest BCUT2D eigenvalue weighted by Crippen LogP contribution is 2.38. The lowest BCUT2D eigenvalue weighted by atomic mass is 9.78. The maximum atomic E-state index is 12.8. The lowest BCUT2D eigenvalue weighted by Gasteiger charge is -2.32. The second-order valence-corrected chi connectivity index (χ2v) is 6.50. The van der Waals surface area contributed by atoms with Gasteiger partial charge in [-0.3, -0.25) is 9.48 Å². The summed E-state index contributed by atoms with van der Waals surface area (Å²) < 4.78 is 45.2. The maximum absolute atomic E-state index is 12.8. The van der Waals surface area contributed by atoms with E-state index in [9.17, 15) is 18.0 Å². The summed E-state index contributed by atoms with van der Waals surface area (Å²) in [4.78, 5) is 15.0. The Morgan fingerprint density at radius 3 is 2.81 bits per heavy atom. The Morgan fingerprint density at radius 2 is 2.04 bits per heavy atom. The summed E-state index contributed by atoms with van der Waals surface area (Å²) >= 11 is 0. The molecule has 5 nitrogen and oxygen atoms in total. The van der Waals surface area contributed by atoms with Gasteiger partial charge < -0.3 is 4.74 Å². The predicted molar refractivity (Wildman–Crippen MR) is 88.1 cm³/mol. The first-order valence-electron chi connectivity index (χ1n) is 8.59. The van der Waals surface area contributed by atoms with Crippen molar-refractivity contribution in [1.82, 2.24) is 14.8 Å². The molecule has 0 amide bonds. The fourth-order valence-corrected chi connectivity index (χ4v) is 3.57. The molecule has 2 heterocycles. The average Bonchev–Trinajstić information content (AvgIpc) is 3.06. The number of hydrogen-bond acceptors (Lipinski definition) is 4. The van der Waals surface area contributed by atoms with Crippen LogP contribution in [0.1, 0.15) is 47.8 Å². The van der Waals surface area contributed by atoms with Crippen molar-refractivity contribution in [2.45, 2.75) is 44.3 Å². The molecular formula is C18H20F3N3O2. The number of aldehydes is 1. The number of nitrogens with zero attached hydrogens (tertiary/aromatic N) is 3. The number of halogens is 3. The van der Waals surface area contributed by atoms with Crippen molar-refractivity contribution in [2.24, 2.45) is 5.92 Å². The molecule has 8 heteroatoms. The highest BCUT2D eigenvalue weighted by molar-refractivity contribution is 5.75. The van der Waals surface area contributed by atoms with Gasteiger partial charge in [-0.2, -0.15) is 18.3 Å². The van der Waals surface area contributed by atoms with Crippen LogP contribution in [0.4, 0.5) is 13.2 Å². The lowest BCUT2D eigenvalue weighted by Crippen LogP contribution is -2.28. The Bertz CT molecular complexity index is 745. The van der Waals surface area contributed by atoms with Gasteiger partial charge in [0.15, 0.2) is 6.29 Å². The normalized spacial score (nSPS) is 20.7. The Kier molecular flexibility index (Phi) is 5.58. The van der Waals surface area contributed by atoms with Gasteiger partial charge >= 0.3 is 6.18 Å². The Morgan fingerprint density at radius 1 is 1.23 bits per heavy atom. The van der Waals surface area contributed by atoms with Crippen molar-refractivity contribution in [2.75, 3.05) is 6.61 Å². The van der Waals surface area contributed by atoms with Gasteiger partial charge in [0.2, 0.25) is 0 Å². The van der Waals surface area contributed by atoms with Crippen LogP contribution in [0.5, 0.6) is 5.75 Å². The summed E-state index contributed by atoms with van der Waals surface area (Å²) in [6, 6.07) is 5.01. The van der Waals surface area contributed by atoms with Gasteiger partial charge in [0.1, 0.15) is 18.0 Å². The van der Waals surface area contributed by atoms with Gasteiger partial charge in [-0.15, -0.1) is 0 Å². The van der Waals surface area contributed by atoms with E-state index in [-0.39, 0.29) is 17.5 Å². The van der Waals surface area contributed by atoms with Crippen molar-refractivity contribution in [3.05, 3.63) is 42.0 Å². The molecule has 2 atom stereocenters. The second kappa shape index (κ2) is 7.88. The zero-order chi connectivity index (χ0) is 18.6. The molecule has 26 heavy (non-hydrogen) atoms. The second-order valence-electron chi connectivity index (χ2n) is 6.50. The number of pyridine rings is 1. The number of carbonyl (C=O) groups excluding carboxylic acids is 1. The zero-order valence-corrected chi connectivity index (χ0v) is 14.2. The third-order valence-corrected chi connectivity index (χ3v) is 4.73. The molecular weight excluding hydrogens is 347 g/mol.